The Bertz CT molecular complexity index is 328. The van der Waals surface area contributed by atoms with Gasteiger partial charge in [-0.15, -0.1) is 0 Å². The van der Waals surface area contributed by atoms with E-state index in [9.17, 15) is 4.39 Å². The monoisotopic (exact) mass is 261 g/mol. The molecule has 0 aliphatic carbocycles. The molecule has 0 heterocycles. The van der Waals surface area contributed by atoms with Crippen LogP contribution in [0.4, 0.5) is 4.39 Å². The molecule has 0 amide bonds. The summed E-state index contributed by atoms with van der Waals surface area (Å²) in [6, 6.07) is 4.98. The minimum absolute atomic E-state index is 0.0566. The van der Waals surface area contributed by atoms with Gasteiger partial charge in [0.05, 0.1) is 4.47 Å². The summed E-state index contributed by atoms with van der Waals surface area (Å²) in [5.41, 5.74) is 5.48. The summed E-state index contributed by atoms with van der Waals surface area (Å²) in [7, 11) is 0. The summed E-state index contributed by atoms with van der Waals surface area (Å²) < 4.78 is 14.0. The van der Waals surface area contributed by atoms with Crippen molar-refractivity contribution in [1.82, 2.24) is 0 Å². The zero-order chi connectivity index (χ0) is 10.8. The second-order valence-corrected chi connectivity index (χ2v) is 4.35. The number of rotatable bonds is 3. The van der Waals surface area contributed by atoms with Gasteiger partial charge in [-0.3, -0.25) is 0 Å². The van der Waals surface area contributed by atoms with Gasteiger partial charge in [0.25, 0.3) is 0 Å². The van der Waals surface area contributed by atoms with Crippen LogP contribution in [0.25, 0.3) is 0 Å². The highest BCUT2D eigenvalue weighted by Crippen LogP contribution is 2.28. The van der Waals surface area contributed by atoms with Crippen LogP contribution in [0.2, 0.25) is 0 Å². The topological polar surface area (TPSA) is 46.2 Å². The fourth-order valence-corrected chi connectivity index (χ4v) is 1.68. The SMILES string of the molecule is C[C@](N)(CCO)c1cccc(Br)c1F. The van der Waals surface area contributed by atoms with Crippen LogP contribution in [0.5, 0.6) is 0 Å². The Labute approximate surface area is 91.1 Å². The normalized spacial score (nSPS) is 15.2. The van der Waals surface area contributed by atoms with Gasteiger partial charge in [0.15, 0.2) is 0 Å². The Morgan fingerprint density at radius 1 is 1.57 bits per heavy atom. The van der Waals surface area contributed by atoms with Crippen molar-refractivity contribution in [2.45, 2.75) is 18.9 Å². The summed E-state index contributed by atoms with van der Waals surface area (Å²) in [4.78, 5) is 0. The molecule has 0 aliphatic heterocycles. The fourth-order valence-electron chi connectivity index (χ4n) is 1.31. The molecule has 0 spiro atoms. The molecular weight excluding hydrogens is 249 g/mol. The molecule has 1 rings (SSSR count). The predicted molar refractivity (Wildman–Crippen MR) is 57.3 cm³/mol. The van der Waals surface area contributed by atoms with Crippen molar-refractivity contribution in [3.05, 3.63) is 34.1 Å². The minimum atomic E-state index is -0.831. The standard InChI is InChI=1S/C10H13BrFNO/c1-10(13,5-6-14)7-3-2-4-8(11)9(7)12/h2-4,14H,5-6,13H2,1H3/t10-/m0/s1. The zero-order valence-corrected chi connectivity index (χ0v) is 9.51. The molecule has 4 heteroatoms. The summed E-state index contributed by atoms with van der Waals surface area (Å²) in [5, 5.41) is 8.81. The first-order chi connectivity index (χ1) is 6.49. The van der Waals surface area contributed by atoms with Crippen molar-refractivity contribution >= 4 is 15.9 Å². The largest absolute Gasteiger partial charge is 0.396 e. The van der Waals surface area contributed by atoms with Gasteiger partial charge in [-0.2, -0.15) is 0 Å². The molecule has 0 aromatic heterocycles. The van der Waals surface area contributed by atoms with Gasteiger partial charge < -0.3 is 10.8 Å². The number of aliphatic hydroxyl groups excluding tert-OH is 1. The van der Waals surface area contributed by atoms with Crippen LogP contribution >= 0.6 is 15.9 Å². The number of benzene rings is 1. The molecule has 1 aromatic rings. The van der Waals surface area contributed by atoms with E-state index in [0.717, 1.165) is 0 Å². The highest BCUT2D eigenvalue weighted by Gasteiger charge is 2.24. The van der Waals surface area contributed by atoms with Crippen molar-refractivity contribution in [1.29, 1.82) is 0 Å². The highest BCUT2D eigenvalue weighted by molar-refractivity contribution is 9.10. The van der Waals surface area contributed by atoms with E-state index >= 15 is 0 Å². The molecule has 0 fully saturated rings. The van der Waals surface area contributed by atoms with E-state index in [1.807, 2.05) is 0 Å². The van der Waals surface area contributed by atoms with Crippen LogP contribution in [0, 0.1) is 5.82 Å². The maximum Gasteiger partial charge on any atom is 0.142 e. The van der Waals surface area contributed by atoms with Gasteiger partial charge in [-0.05, 0) is 35.3 Å². The average molecular weight is 262 g/mol. The van der Waals surface area contributed by atoms with Crippen LogP contribution < -0.4 is 5.73 Å². The number of hydrogen-bond acceptors (Lipinski definition) is 2. The first kappa shape index (κ1) is 11.6. The maximum absolute atomic E-state index is 13.6. The van der Waals surface area contributed by atoms with E-state index in [2.05, 4.69) is 15.9 Å². The van der Waals surface area contributed by atoms with Crippen molar-refractivity contribution < 1.29 is 9.50 Å². The summed E-state index contributed by atoms with van der Waals surface area (Å²) in [5.74, 6) is -0.356. The zero-order valence-electron chi connectivity index (χ0n) is 7.93. The number of hydrogen-bond donors (Lipinski definition) is 2. The van der Waals surface area contributed by atoms with Gasteiger partial charge in [-0.1, -0.05) is 12.1 Å². The lowest BCUT2D eigenvalue weighted by molar-refractivity contribution is 0.244. The van der Waals surface area contributed by atoms with Crippen LogP contribution in [-0.4, -0.2) is 11.7 Å². The second kappa shape index (κ2) is 4.38. The molecular formula is C10H13BrFNO. The van der Waals surface area contributed by atoms with Gasteiger partial charge in [0, 0.05) is 17.7 Å². The first-order valence-corrected chi connectivity index (χ1v) is 5.12. The Morgan fingerprint density at radius 2 is 2.21 bits per heavy atom. The smallest absolute Gasteiger partial charge is 0.142 e. The van der Waals surface area contributed by atoms with E-state index in [0.29, 0.717) is 16.5 Å². The summed E-state index contributed by atoms with van der Waals surface area (Å²) in [6.45, 7) is 1.65. The van der Waals surface area contributed by atoms with E-state index < -0.39 is 5.54 Å². The molecule has 1 atom stereocenters. The molecule has 0 bridgehead atoms. The molecule has 1 aromatic carbocycles. The molecule has 0 radical (unpaired) electrons. The summed E-state index contributed by atoms with van der Waals surface area (Å²) in [6.07, 6.45) is 0.334. The van der Waals surface area contributed by atoms with Crippen molar-refractivity contribution in [2.75, 3.05) is 6.61 Å². The molecule has 0 saturated carbocycles. The van der Waals surface area contributed by atoms with Crippen LogP contribution in [0.1, 0.15) is 18.9 Å². The van der Waals surface area contributed by atoms with Crippen LogP contribution in [0.3, 0.4) is 0 Å². The van der Waals surface area contributed by atoms with Crippen molar-refractivity contribution in [3.63, 3.8) is 0 Å². The molecule has 14 heavy (non-hydrogen) atoms. The molecule has 0 saturated heterocycles. The average Bonchev–Trinajstić information content (AvgIpc) is 2.09. The van der Waals surface area contributed by atoms with Gasteiger partial charge in [-0.25, -0.2) is 4.39 Å². The van der Waals surface area contributed by atoms with Crippen molar-refractivity contribution in [2.24, 2.45) is 5.73 Å². The summed E-state index contributed by atoms with van der Waals surface area (Å²) >= 11 is 3.10. The third-order valence-electron chi connectivity index (χ3n) is 2.20. The highest BCUT2D eigenvalue weighted by atomic mass is 79.9. The third-order valence-corrected chi connectivity index (χ3v) is 2.81. The Morgan fingerprint density at radius 3 is 2.79 bits per heavy atom. The first-order valence-electron chi connectivity index (χ1n) is 4.33. The Balaban J connectivity index is 3.12. The maximum atomic E-state index is 13.6. The third kappa shape index (κ3) is 2.32. The molecule has 0 aliphatic rings. The van der Waals surface area contributed by atoms with Gasteiger partial charge in [0.1, 0.15) is 5.82 Å². The second-order valence-electron chi connectivity index (χ2n) is 3.49. The molecule has 78 valence electrons. The fraction of sp³-hybridized carbons (Fsp3) is 0.400. The number of aliphatic hydroxyl groups is 1. The predicted octanol–water partition coefficient (Wildman–Crippen LogP) is 2.14. The Hall–Kier alpha value is -0.450. The van der Waals surface area contributed by atoms with Crippen molar-refractivity contribution in [3.8, 4) is 0 Å². The minimum Gasteiger partial charge on any atom is -0.396 e. The molecule has 0 unspecified atom stereocenters. The lowest BCUT2D eigenvalue weighted by atomic mass is 9.90. The van der Waals surface area contributed by atoms with Crippen LogP contribution in [-0.2, 0) is 5.54 Å². The van der Waals surface area contributed by atoms with E-state index in [1.165, 1.54) is 0 Å². The van der Waals surface area contributed by atoms with E-state index in [-0.39, 0.29) is 12.4 Å². The van der Waals surface area contributed by atoms with E-state index in [1.54, 1.807) is 25.1 Å². The van der Waals surface area contributed by atoms with E-state index in [4.69, 9.17) is 10.8 Å². The molecule has 2 nitrogen and oxygen atoms in total. The van der Waals surface area contributed by atoms with Crippen LogP contribution in [0.15, 0.2) is 22.7 Å². The van der Waals surface area contributed by atoms with Gasteiger partial charge >= 0.3 is 0 Å². The number of nitrogens with two attached hydrogens (primary N) is 1. The van der Waals surface area contributed by atoms with Gasteiger partial charge in [0.2, 0.25) is 0 Å². The Kier molecular flexibility index (Phi) is 3.64. The quantitative estimate of drug-likeness (QED) is 0.876. The number of halogens is 2. The molecule has 3 N–H and O–H groups in total. The lowest BCUT2D eigenvalue weighted by Crippen LogP contribution is -2.35. The lowest BCUT2D eigenvalue weighted by Gasteiger charge is -2.25.